The zero-order chi connectivity index (χ0) is 13.0. The van der Waals surface area contributed by atoms with Gasteiger partial charge in [-0.1, -0.05) is 0 Å². The van der Waals surface area contributed by atoms with Crippen LogP contribution in [0, 0.1) is 0 Å². The van der Waals surface area contributed by atoms with Crippen LogP contribution in [0.5, 0.6) is 0 Å². The summed E-state index contributed by atoms with van der Waals surface area (Å²) in [4.78, 5) is 23.5. The highest BCUT2D eigenvalue weighted by atomic mass is 32.1. The third-order valence-electron chi connectivity index (χ3n) is 1.76. The van der Waals surface area contributed by atoms with Gasteiger partial charge in [-0.2, -0.15) is 8.75 Å². The Balaban J connectivity index is 2.85. The van der Waals surface area contributed by atoms with Gasteiger partial charge in [-0.15, -0.1) is 0 Å². The van der Waals surface area contributed by atoms with E-state index in [1.54, 1.807) is 0 Å². The van der Waals surface area contributed by atoms with Crippen LogP contribution in [0.4, 0.5) is 0 Å². The lowest BCUT2D eigenvalue weighted by atomic mass is 10.2. The number of aromatic nitrogens is 2. The van der Waals surface area contributed by atoms with Crippen LogP contribution >= 0.6 is 11.7 Å². The molecule has 7 heteroatoms. The lowest BCUT2D eigenvalue weighted by Gasteiger charge is -2.09. The van der Waals surface area contributed by atoms with Crippen molar-refractivity contribution in [2.45, 2.75) is 39.8 Å². The molecule has 0 fully saturated rings. The molecule has 0 aliphatic rings. The summed E-state index contributed by atoms with van der Waals surface area (Å²) in [6.07, 6.45) is 0. The number of hydrogen-bond acceptors (Lipinski definition) is 5. The largest absolute Gasteiger partial charge is 0.348 e. The highest BCUT2D eigenvalue weighted by molar-refractivity contribution is 6.99. The van der Waals surface area contributed by atoms with E-state index in [2.05, 4.69) is 19.4 Å². The van der Waals surface area contributed by atoms with Crippen LogP contribution in [0.25, 0.3) is 0 Å². The van der Waals surface area contributed by atoms with E-state index in [0.717, 1.165) is 11.7 Å². The number of nitrogens with zero attached hydrogens (tertiary/aromatic N) is 2. The molecule has 0 aliphatic heterocycles. The van der Waals surface area contributed by atoms with Crippen molar-refractivity contribution in [1.29, 1.82) is 0 Å². The average molecular weight is 256 g/mol. The molecule has 0 unspecified atom stereocenters. The van der Waals surface area contributed by atoms with Gasteiger partial charge in [-0.05, 0) is 27.7 Å². The van der Waals surface area contributed by atoms with Crippen LogP contribution in [-0.2, 0) is 0 Å². The highest BCUT2D eigenvalue weighted by Crippen LogP contribution is 2.06. The first kappa shape index (κ1) is 13.6. The van der Waals surface area contributed by atoms with E-state index in [9.17, 15) is 9.59 Å². The predicted molar refractivity (Wildman–Crippen MR) is 65.1 cm³/mol. The molecular formula is C10H16N4O2S. The number of amides is 2. The van der Waals surface area contributed by atoms with E-state index in [4.69, 9.17) is 0 Å². The number of carbonyl (C=O) groups is 2. The van der Waals surface area contributed by atoms with Crippen molar-refractivity contribution >= 4 is 23.5 Å². The zero-order valence-electron chi connectivity index (χ0n) is 10.3. The third-order valence-corrected chi connectivity index (χ3v) is 2.29. The summed E-state index contributed by atoms with van der Waals surface area (Å²) in [6.45, 7) is 7.36. The summed E-state index contributed by atoms with van der Waals surface area (Å²) < 4.78 is 7.71. The van der Waals surface area contributed by atoms with E-state index in [0.29, 0.717) is 0 Å². The van der Waals surface area contributed by atoms with Gasteiger partial charge in [-0.25, -0.2) is 0 Å². The topological polar surface area (TPSA) is 84.0 Å². The molecule has 0 saturated heterocycles. The van der Waals surface area contributed by atoms with Crippen LogP contribution in [0.3, 0.4) is 0 Å². The van der Waals surface area contributed by atoms with Crippen molar-refractivity contribution in [2.75, 3.05) is 0 Å². The minimum Gasteiger partial charge on any atom is -0.348 e. The highest BCUT2D eigenvalue weighted by Gasteiger charge is 2.22. The van der Waals surface area contributed by atoms with Gasteiger partial charge in [-0.3, -0.25) is 9.59 Å². The van der Waals surface area contributed by atoms with Crippen LogP contribution in [-0.4, -0.2) is 32.6 Å². The summed E-state index contributed by atoms with van der Waals surface area (Å²) in [5, 5.41) is 5.36. The molecule has 6 nitrogen and oxygen atoms in total. The summed E-state index contributed by atoms with van der Waals surface area (Å²) in [7, 11) is 0. The van der Waals surface area contributed by atoms with Gasteiger partial charge in [0.15, 0.2) is 11.4 Å². The first-order valence-electron chi connectivity index (χ1n) is 5.36. The Kier molecular flexibility index (Phi) is 4.56. The van der Waals surface area contributed by atoms with Gasteiger partial charge in [0.1, 0.15) is 0 Å². The van der Waals surface area contributed by atoms with Crippen LogP contribution in [0.15, 0.2) is 0 Å². The van der Waals surface area contributed by atoms with Crippen molar-refractivity contribution in [3.63, 3.8) is 0 Å². The second-order valence-electron chi connectivity index (χ2n) is 4.22. The molecule has 0 spiro atoms. The molecule has 1 aromatic rings. The number of rotatable bonds is 4. The van der Waals surface area contributed by atoms with Gasteiger partial charge in [0, 0.05) is 12.1 Å². The SMILES string of the molecule is CC(C)NC(=O)c1nsnc1C(=O)NC(C)C. The molecule has 94 valence electrons. The molecule has 2 N–H and O–H groups in total. The predicted octanol–water partition coefficient (Wildman–Crippen LogP) is 0.814. The van der Waals surface area contributed by atoms with Crippen molar-refractivity contribution in [1.82, 2.24) is 19.4 Å². The van der Waals surface area contributed by atoms with Crippen molar-refractivity contribution in [3.05, 3.63) is 11.4 Å². The third kappa shape index (κ3) is 3.77. The molecule has 0 bridgehead atoms. The standard InChI is InChI=1S/C10H16N4O2S/c1-5(2)11-9(15)7-8(14-17-13-7)10(16)12-6(3)4/h5-6H,1-4H3,(H,11,15)(H,12,16). The Morgan fingerprint density at radius 2 is 1.29 bits per heavy atom. The minimum atomic E-state index is -0.373. The van der Waals surface area contributed by atoms with E-state index < -0.39 is 0 Å². The Bertz CT molecular complexity index is 378. The second-order valence-corrected chi connectivity index (χ2v) is 4.75. The summed E-state index contributed by atoms with van der Waals surface area (Å²) in [5.74, 6) is -0.745. The molecule has 0 aliphatic carbocycles. The number of hydrogen-bond donors (Lipinski definition) is 2. The molecule has 1 heterocycles. The summed E-state index contributed by atoms with van der Waals surface area (Å²) >= 11 is 0.855. The monoisotopic (exact) mass is 256 g/mol. The van der Waals surface area contributed by atoms with Crippen molar-refractivity contribution in [2.24, 2.45) is 0 Å². The van der Waals surface area contributed by atoms with Crippen LogP contribution < -0.4 is 10.6 Å². The van der Waals surface area contributed by atoms with E-state index in [1.165, 1.54) is 0 Å². The molecule has 1 rings (SSSR count). The Labute approximate surface area is 104 Å². The zero-order valence-corrected chi connectivity index (χ0v) is 11.1. The van der Waals surface area contributed by atoms with E-state index >= 15 is 0 Å². The van der Waals surface area contributed by atoms with E-state index in [-0.39, 0.29) is 35.3 Å². The maximum absolute atomic E-state index is 11.7. The van der Waals surface area contributed by atoms with Gasteiger partial charge < -0.3 is 10.6 Å². The van der Waals surface area contributed by atoms with Crippen molar-refractivity contribution < 1.29 is 9.59 Å². The summed E-state index contributed by atoms with van der Waals surface area (Å²) in [6, 6.07) is -0.0181. The minimum absolute atomic E-state index is 0.00906. The van der Waals surface area contributed by atoms with Gasteiger partial charge >= 0.3 is 0 Å². The first-order valence-corrected chi connectivity index (χ1v) is 6.09. The summed E-state index contributed by atoms with van der Waals surface area (Å²) in [5.41, 5.74) is 0.170. The average Bonchev–Trinajstić information content (AvgIpc) is 2.63. The molecule has 17 heavy (non-hydrogen) atoms. The molecule has 2 amide bonds. The van der Waals surface area contributed by atoms with Crippen LogP contribution in [0.2, 0.25) is 0 Å². The molecular weight excluding hydrogens is 240 g/mol. The fourth-order valence-corrected chi connectivity index (χ4v) is 1.69. The molecule has 0 radical (unpaired) electrons. The number of nitrogens with one attached hydrogen (secondary N) is 2. The maximum atomic E-state index is 11.7. The lowest BCUT2D eigenvalue weighted by molar-refractivity contribution is 0.0902. The fourth-order valence-electron chi connectivity index (χ4n) is 1.15. The van der Waals surface area contributed by atoms with Crippen LogP contribution in [0.1, 0.15) is 48.7 Å². The lowest BCUT2D eigenvalue weighted by Crippen LogP contribution is -2.35. The first-order chi connectivity index (χ1) is 7.91. The van der Waals surface area contributed by atoms with E-state index in [1.807, 2.05) is 27.7 Å². The number of carbonyl (C=O) groups excluding carboxylic acids is 2. The second kappa shape index (κ2) is 5.72. The smallest absolute Gasteiger partial charge is 0.273 e. The Hall–Kier alpha value is -1.50. The Morgan fingerprint density at radius 3 is 1.59 bits per heavy atom. The van der Waals surface area contributed by atoms with Gasteiger partial charge in [0.05, 0.1) is 11.7 Å². The quantitative estimate of drug-likeness (QED) is 0.835. The van der Waals surface area contributed by atoms with Crippen molar-refractivity contribution in [3.8, 4) is 0 Å². The molecule has 0 aromatic carbocycles. The Morgan fingerprint density at radius 1 is 0.941 bits per heavy atom. The normalized spacial score (nSPS) is 10.7. The van der Waals surface area contributed by atoms with Gasteiger partial charge in [0.25, 0.3) is 11.8 Å². The molecule has 0 atom stereocenters. The molecule has 0 saturated carbocycles. The maximum Gasteiger partial charge on any atom is 0.273 e. The van der Waals surface area contributed by atoms with Gasteiger partial charge in [0.2, 0.25) is 0 Å². The molecule has 1 aromatic heterocycles. The fraction of sp³-hybridized carbons (Fsp3) is 0.600.